The average molecular weight is 710 g/mol. The summed E-state index contributed by atoms with van der Waals surface area (Å²) in [7, 11) is 3.19. The Hall–Kier alpha value is -5.78. The Kier molecular flexibility index (Phi) is 9.88. The van der Waals surface area contributed by atoms with Crippen molar-refractivity contribution in [3.8, 4) is 22.8 Å². The number of fused-ring (bicyclic) bond motifs is 3. The van der Waals surface area contributed by atoms with E-state index in [1.807, 2.05) is 53.4 Å². The number of amides is 2. The highest BCUT2D eigenvalue weighted by atomic mass is 19.3. The minimum absolute atomic E-state index is 0.0339. The highest BCUT2D eigenvalue weighted by Crippen LogP contribution is 2.49. The van der Waals surface area contributed by atoms with E-state index in [1.165, 1.54) is 18.3 Å². The standard InChI is InChI=1S/C40H38F3N5O4/c1-51-28-16-13-25(32(20-28)52-2)22-48-31-10-6-9-29(31)37-35(40(48)50)38(45-27-7-4-3-5-8-27)36(47-37)24-17-18-44-34(19-24)46-39(49)30(21-33(42)43)23-11-14-26(41)15-12-23/h3-5,7-8,11-20,29-31,33,45,47H,6,9-10,21-22H2,1-2H3,(H,44,46,49)/t29-,30?,31+/m0/s1. The van der Waals surface area contributed by atoms with Crippen LogP contribution in [0.15, 0.2) is 91.1 Å². The maximum Gasteiger partial charge on any atom is 0.258 e. The van der Waals surface area contributed by atoms with Crippen LogP contribution in [-0.2, 0) is 11.3 Å². The van der Waals surface area contributed by atoms with E-state index in [9.17, 15) is 22.8 Å². The fourth-order valence-electron chi connectivity index (χ4n) is 7.46. The van der Waals surface area contributed by atoms with Gasteiger partial charge in [0.2, 0.25) is 12.3 Å². The van der Waals surface area contributed by atoms with Crippen molar-refractivity contribution in [2.45, 2.75) is 56.5 Å². The zero-order valence-electron chi connectivity index (χ0n) is 28.7. The molecule has 0 radical (unpaired) electrons. The fourth-order valence-corrected chi connectivity index (χ4v) is 7.46. The lowest BCUT2D eigenvalue weighted by atomic mass is 9.89. The molecule has 1 aliphatic heterocycles. The number of hydrogen-bond acceptors (Lipinski definition) is 6. The summed E-state index contributed by atoms with van der Waals surface area (Å²) in [6, 6.07) is 23.4. The number of H-pyrrole nitrogens is 1. The van der Waals surface area contributed by atoms with Crippen LogP contribution in [-0.4, -0.2) is 53.4 Å². The molecule has 3 atom stereocenters. The quantitative estimate of drug-likeness (QED) is 0.120. The monoisotopic (exact) mass is 709 g/mol. The van der Waals surface area contributed by atoms with Crippen LogP contribution in [0.1, 0.15) is 64.7 Å². The lowest BCUT2D eigenvalue weighted by Gasteiger charge is -2.38. The zero-order valence-corrected chi connectivity index (χ0v) is 28.7. The number of rotatable bonds is 12. The van der Waals surface area contributed by atoms with E-state index in [-0.39, 0.29) is 29.2 Å². The van der Waals surface area contributed by atoms with Crippen molar-refractivity contribution in [2.24, 2.45) is 0 Å². The van der Waals surface area contributed by atoms with Gasteiger partial charge >= 0.3 is 0 Å². The van der Waals surface area contributed by atoms with Gasteiger partial charge in [-0.25, -0.2) is 18.2 Å². The third-order valence-electron chi connectivity index (χ3n) is 9.94. The van der Waals surface area contributed by atoms with Crippen LogP contribution in [0.3, 0.4) is 0 Å². The first kappa shape index (κ1) is 34.7. The number of nitrogens with zero attached hydrogens (tertiary/aromatic N) is 2. The molecule has 2 aromatic heterocycles. The summed E-state index contributed by atoms with van der Waals surface area (Å²) in [5.41, 5.74) is 5.09. The lowest BCUT2D eigenvalue weighted by Crippen LogP contribution is -2.45. The van der Waals surface area contributed by atoms with Crippen LogP contribution < -0.4 is 20.1 Å². The summed E-state index contributed by atoms with van der Waals surface area (Å²) < 4.78 is 51.9. The molecule has 2 amide bonds. The van der Waals surface area contributed by atoms with Gasteiger partial charge in [-0.3, -0.25) is 9.59 Å². The second kappa shape index (κ2) is 14.8. The van der Waals surface area contributed by atoms with E-state index < -0.39 is 30.5 Å². The van der Waals surface area contributed by atoms with Gasteiger partial charge in [0, 0.05) is 59.7 Å². The van der Waals surface area contributed by atoms with Crippen LogP contribution in [0, 0.1) is 5.82 Å². The second-order valence-electron chi connectivity index (χ2n) is 13.0. The van der Waals surface area contributed by atoms with Gasteiger partial charge in [-0.15, -0.1) is 0 Å². The van der Waals surface area contributed by atoms with Gasteiger partial charge in [-0.05, 0) is 66.9 Å². The molecule has 1 fully saturated rings. The summed E-state index contributed by atoms with van der Waals surface area (Å²) in [5, 5.41) is 6.19. The van der Waals surface area contributed by atoms with Crippen molar-refractivity contribution in [3.05, 3.63) is 119 Å². The topological polar surface area (TPSA) is 109 Å². The fraction of sp³-hybridized carbons (Fsp3) is 0.275. The molecule has 2 aliphatic rings. The maximum absolute atomic E-state index is 14.7. The Morgan fingerprint density at radius 2 is 1.79 bits per heavy atom. The first-order chi connectivity index (χ1) is 25.2. The average Bonchev–Trinajstić information content (AvgIpc) is 3.79. The Bertz CT molecular complexity index is 2070. The molecular formula is C40H38F3N5O4. The van der Waals surface area contributed by atoms with Gasteiger partial charge in [0.05, 0.1) is 37.1 Å². The van der Waals surface area contributed by atoms with Crippen molar-refractivity contribution in [3.63, 3.8) is 0 Å². The number of aromatic amines is 1. The number of carbonyl (C=O) groups excluding carboxylic acids is 2. The highest BCUT2D eigenvalue weighted by molar-refractivity contribution is 6.07. The Morgan fingerprint density at radius 3 is 2.52 bits per heavy atom. The molecule has 12 heteroatoms. The van der Waals surface area contributed by atoms with Gasteiger partial charge in [-0.2, -0.15) is 0 Å². The Morgan fingerprint density at radius 1 is 1.00 bits per heavy atom. The third kappa shape index (κ3) is 6.92. The van der Waals surface area contributed by atoms with Crippen molar-refractivity contribution < 1.29 is 32.2 Å². The van der Waals surface area contributed by atoms with Crippen LogP contribution in [0.4, 0.5) is 30.4 Å². The van der Waals surface area contributed by atoms with Crippen molar-refractivity contribution >= 4 is 29.0 Å². The largest absolute Gasteiger partial charge is 0.497 e. The van der Waals surface area contributed by atoms with Crippen molar-refractivity contribution in [1.82, 2.24) is 14.9 Å². The Labute approximate surface area is 299 Å². The summed E-state index contributed by atoms with van der Waals surface area (Å²) in [6.07, 6.45) is 0.698. The number of ether oxygens (including phenoxy) is 2. The van der Waals surface area contributed by atoms with Crippen molar-refractivity contribution in [2.75, 3.05) is 24.9 Å². The number of carbonyl (C=O) groups is 2. The molecular weight excluding hydrogens is 671 g/mol. The minimum atomic E-state index is -2.76. The Balaban J connectivity index is 1.27. The van der Waals surface area contributed by atoms with Crippen LogP contribution in [0.25, 0.3) is 11.3 Å². The van der Waals surface area contributed by atoms with Gasteiger partial charge in [-0.1, -0.05) is 36.8 Å². The number of aromatic nitrogens is 2. The molecule has 0 bridgehead atoms. The van der Waals surface area contributed by atoms with E-state index in [0.717, 1.165) is 48.3 Å². The molecule has 1 unspecified atom stereocenters. The SMILES string of the molecule is COc1ccc(CN2C(=O)c3c([nH]c(-c4ccnc(NC(=O)C(CC(F)F)c5ccc(F)cc5)c4)c3Nc3ccccc3)[C@H]3CCC[C@H]32)c(OC)c1. The highest BCUT2D eigenvalue weighted by Gasteiger charge is 2.46. The number of alkyl halides is 2. The molecule has 1 aliphatic carbocycles. The number of halogens is 3. The zero-order chi connectivity index (χ0) is 36.4. The normalized spacial score (nSPS) is 17.0. The lowest BCUT2D eigenvalue weighted by molar-refractivity contribution is -0.118. The van der Waals surface area contributed by atoms with E-state index in [0.29, 0.717) is 40.6 Å². The number of para-hydroxylation sites is 1. The van der Waals surface area contributed by atoms with E-state index >= 15 is 0 Å². The maximum atomic E-state index is 14.7. The minimum Gasteiger partial charge on any atom is -0.497 e. The molecule has 0 saturated heterocycles. The summed E-state index contributed by atoms with van der Waals surface area (Å²) in [4.78, 5) is 38.0. The molecule has 3 N–H and O–H groups in total. The smallest absolute Gasteiger partial charge is 0.258 e. The number of methoxy groups -OCH3 is 2. The van der Waals surface area contributed by atoms with E-state index in [4.69, 9.17) is 9.47 Å². The number of benzene rings is 3. The molecule has 3 aromatic carbocycles. The number of pyridine rings is 1. The van der Waals surface area contributed by atoms with Gasteiger partial charge in [0.1, 0.15) is 23.1 Å². The molecule has 5 aromatic rings. The molecule has 3 heterocycles. The molecule has 268 valence electrons. The predicted molar refractivity (Wildman–Crippen MR) is 192 cm³/mol. The molecule has 0 spiro atoms. The summed E-state index contributed by atoms with van der Waals surface area (Å²) >= 11 is 0. The van der Waals surface area contributed by atoms with Gasteiger partial charge in [0.25, 0.3) is 5.91 Å². The second-order valence-corrected chi connectivity index (χ2v) is 13.0. The first-order valence-corrected chi connectivity index (χ1v) is 17.1. The van der Waals surface area contributed by atoms with E-state index in [1.54, 1.807) is 26.4 Å². The predicted octanol–water partition coefficient (Wildman–Crippen LogP) is 8.65. The van der Waals surface area contributed by atoms with Crippen LogP contribution in [0.5, 0.6) is 11.5 Å². The summed E-state index contributed by atoms with van der Waals surface area (Å²) in [5.74, 6) is -1.11. The van der Waals surface area contributed by atoms with Gasteiger partial charge < -0.3 is 30.0 Å². The third-order valence-corrected chi connectivity index (χ3v) is 9.94. The van der Waals surface area contributed by atoms with Crippen LogP contribution >= 0.6 is 0 Å². The van der Waals surface area contributed by atoms with E-state index in [2.05, 4.69) is 20.6 Å². The molecule has 7 rings (SSSR count). The molecule has 52 heavy (non-hydrogen) atoms. The summed E-state index contributed by atoms with van der Waals surface area (Å²) in [6.45, 7) is 0.344. The number of anilines is 3. The molecule has 9 nitrogen and oxygen atoms in total. The van der Waals surface area contributed by atoms with Crippen LogP contribution in [0.2, 0.25) is 0 Å². The number of nitrogens with one attached hydrogen (secondary N) is 3. The first-order valence-electron chi connectivity index (χ1n) is 17.1. The molecule has 1 saturated carbocycles. The van der Waals surface area contributed by atoms with Crippen molar-refractivity contribution in [1.29, 1.82) is 0 Å². The van der Waals surface area contributed by atoms with Gasteiger partial charge in [0.15, 0.2) is 0 Å². The number of hydrogen-bond donors (Lipinski definition) is 3.